The van der Waals surface area contributed by atoms with Crippen molar-refractivity contribution in [3.8, 4) is 11.5 Å². The van der Waals surface area contributed by atoms with Gasteiger partial charge in [-0.15, -0.1) is 0 Å². The van der Waals surface area contributed by atoms with Gasteiger partial charge in [-0.25, -0.2) is 0 Å². The second-order valence-electron chi connectivity index (χ2n) is 3.68. The van der Waals surface area contributed by atoms with Crippen molar-refractivity contribution >= 4 is 5.91 Å². The first-order chi connectivity index (χ1) is 7.72. The van der Waals surface area contributed by atoms with Crippen LogP contribution in [0.4, 0.5) is 0 Å². The molecule has 0 unspecified atom stereocenters. The van der Waals surface area contributed by atoms with Crippen LogP contribution in [0, 0.1) is 0 Å². The number of ether oxygens (including phenoxy) is 2. The quantitative estimate of drug-likeness (QED) is 0.760. The molecule has 0 radical (unpaired) electrons. The van der Waals surface area contributed by atoms with E-state index < -0.39 is 0 Å². The summed E-state index contributed by atoms with van der Waals surface area (Å²) >= 11 is 0. The summed E-state index contributed by atoms with van der Waals surface area (Å²) in [4.78, 5) is 13.5. The van der Waals surface area contributed by atoms with Crippen molar-refractivity contribution in [2.24, 2.45) is 0 Å². The fourth-order valence-corrected chi connectivity index (χ4v) is 1.54. The highest BCUT2D eigenvalue weighted by molar-refractivity contribution is 5.94. The first kappa shape index (κ1) is 10.8. The van der Waals surface area contributed by atoms with Gasteiger partial charge in [0.15, 0.2) is 11.5 Å². The molecule has 0 aliphatic carbocycles. The minimum absolute atomic E-state index is 0.000488. The molecule has 0 bridgehead atoms. The van der Waals surface area contributed by atoms with E-state index in [1.165, 1.54) is 0 Å². The van der Waals surface area contributed by atoms with Gasteiger partial charge < -0.3 is 14.4 Å². The Morgan fingerprint density at radius 1 is 1.31 bits per heavy atom. The number of carbonyl (C=O) groups is 1. The number of benzene rings is 1. The maximum absolute atomic E-state index is 11.9. The number of hydrogen-bond acceptors (Lipinski definition) is 3. The van der Waals surface area contributed by atoms with E-state index in [1.54, 1.807) is 30.1 Å². The molecule has 0 saturated heterocycles. The van der Waals surface area contributed by atoms with Gasteiger partial charge >= 0.3 is 0 Å². The SMILES string of the molecule is CCN(C)C(=O)c1ccc2c(c1)OCCO2. The van der Waals surface area contributed by atoms with E-state index in [0.717, 1.165) is 0 Å². The minimum atomic E-state index is -0.000488. The fraction of sp³-hybridized carbons (Fsp3) is 0.417. The van der Waals surface area contributed by atoms with Crippen LogP contribution >= 0.6 is 0 Å². The van der Waals surface area contributed by atoms with Crippen LogP contribution in [-0.4, -0.2) is 37.6 Å². The zero-order chi connectivity index (χ0) is 11.5. The van der Waals surface area contributed by atoms with Gasteiger partial charge in [-0.3, -0.25) is 4.79 Å². The van der Waals surface area contributed by atoms with Gasteiger partial charge in [0.25, 0.3) is 5.91 Å². The van der Waals surface area contributed by atoms with E-state index in [0.29, 0.717) is 36.8 Å². The normalized spacial score (nSPS) is 13.4. The molecule has 0 aromatic heterocycles. The number of amides is 1. The Morgan fingerprint density at radius 3 is 2.69 bits per heavy atom. The maximum Gasteiger partial charge on any atom is 0.253 e. The Morgan fingerprint density at radius 2 is 2.00 bits per heavy atom. The Hall–Kier alpha value is -1.71. The zero-order valence-electron chi connectivity index (χ0n) is 9.53. The average molecular weight is 221 g/mol. The lowest BCUT2D eigenvalue weighted by Crippen LogP contribution is -2.26. The van der Waals surface area contributed by atoms with Crippen molar-refractivity contribution in [3.63, 3.8) is 0 Å². The summed E-state index contributed by atoms with van der Waals surface area (Å²) in [5.74, 6) is 1.36. The topological polar surface area (TPSA) is 38.8 Å². The summed E-state index contributed by atoms with van der Waals surface area (Å²) in [5.41, 5.74) is 0.633. The highest BCUT2D eigenvalue weighted by Gasteiger charge is 2.16. The summed E-state index contributed by atoms with van der Waals surface area (Å²) in [5, 5.41) is 0. The van der Waals surface area contributed by atoms with Crippen LogP contribution in [-0.2, 0) is 0 Å². The summed E-state index contributed by atoms with van der Waals surface area (Å²) in [6.07, 6.45) is 0. The molecule has 4 nitrogen and oxygen atoms in total. The van der Waals surface area contributed by atoms with Crippen molar-refractivity contribution in [3.05, 3.63) is 23.8 Å². The highest BCUT2D eigenvalue weighted by Crippen LogP contribution is 2.30. The molecular weight excluding hydrogens is 206 g/mol. The molecule has 4 heteroatoms. The van der Waals surface area contributed by atoms with Crippen molar-refractivity contribution in [2.45, 2.75) is 6.92 Å². The van der Waals surface area contributed by atoms with E-state index in [2.05, 4.69) is 0 Å². The van der Waals surface area contributed by atoms with Gasteiger partial charge in [0, 0.05) is 19.2 Å². The van der Waals surface area contributed by atoms with Gasteiger partial charge in [0.05, 0.1) is 0 Å². The monoisotopic (exact) mass is 221 g/mol. The van der Waals surface area contributed by atoms with Crippen LogP contribution in [0.25, 0.3) is 0 Å². The molecule has 0 fully saturated rings. The Balaban J connectivity index is 2.26. The summed E-state index contributed by atoms with van der Waals surface area (Å²) in [7, 11) is 1.78. The van der Waals surface area contributed by atoms with Crippen LogP contribution in [0.1, 0.15) is 17.3 Å². The number of nitrogens with zero attached hydrogens (tertiary/aromatic N) is 1. The third kappa shape index (κ3) is 1.96. The van der Waals surface area contributed by atoms with Crippen molar-refractivity contribution in [2.75, 3.05) is 26.8 Å². The van der Waals surface area contributed by atoms with Crippen molar-refractivity contribution in [1.29, 1.82) is 0 Å². The van der Waals surface area contributed by atoms with E-state index in [-0.39, 0.29) is 5.91 Å². The fourth-order valence-electron chi connectivity index (χ4n) is 1.54. The summed E-state index contributed by atoms with van der Waals surface area (Å²) < 4.78 is 10.8. The van der Waals surface area contributed by atoms with Crippen LogP contribution in [0.2, 0.25) is 0 Å². The van der Waals surface area contributed by atoms with E-state index in [4.69, 9.17) is 9.47 Å². The van der Waals surface area contributed by atoms with E-state index >= 15 is 0 Å². The lowest BCUT2D eigenvalue weighted by atomic mass is 10.1. The molecule has 0 atom stereocenters. The van der Waals surface area contributed by atoms with Crippen LogP contribution in [0.5, 0.6) is 11.5 Å². The predicted molar refractivity (Wildman–Crippen MR) is 60.1 cm³/mol. The van der Waals surface area contributed by atoms with E-state index in [1.807, 2.05) is 6.92 Å². The molecule has 0 N–H and O–H groups in total. The Kier molecular flexibility index (Phi) is 2.99. The number of hydrogen-bond donors (Lipinski definition) is 0. The first-order valence-corrected chi connectivity index (χ1v) is 5.37. The molecule has 0 spiro atoms. The number of rotatable bonds is 2. The second kappa shape index (κ2) is 4.43. The van der Waals surface area contributed by atoms with Gasteiger partial charge in [0.1, 0.15) is 13.2 Å². The number of fused-ring (bicyclic) bond motifs is 1. The first-order valence-electron chi connectivity index (χ1n) is 5.37. The maximum atomic E-state index is 11.9. The standard InChI is InChI=1S/C12H15NO3/c1-3-13(2)12(14)9-4-5-10-11(8-9)16-7-6-15-10/h4-5,8H,3,6-7H2,1-2H3. The van der Waals surface area contributed by atoms with Gasteiger partial charge in [-0.05, 0) is 25.1 Å². The third-order valence-electron chi connectivity index (χ3n) is 2.61. The van der Waals surface area contributed by atoms with Crippen molar-refractivity contribution in [1.82, 2.24) is 4.90 Å². The molecule has 16 heavy (non-hydrogen) atoms. The molecule has 2 rings (SSSR count). The number of carbonyl (C=O) groups excluding carboxylic acids is 1. The largest absolute Gasteiger partial charge is 0.486 e. The lowest BCUT2D eigenvalue weighted by Gasteiger charge is -2.20. The molecule has 0 saturated carbocycles. The van der Waals surface area contributed by atoms with Crippen LogP contribution in [0.3, 0.4) is 0 Å². The Labute approximate surface area is 94.8 Å². The van der Waals surface area contributed by atoms with Crippen LogP contribution in [0.15, 0.2) is 18.2 Å². The molecule has 1 aromatic carbocycles. The third-order valence-corrected chi connectivity index (χ3v) is 2.61. The second-order valence-corrected chi connectivity index (χ2v) is 3.68. The van der Waals surface area contributed by atoms with Gasteiger partial charge in [-0.1, -0.05) is 0 Å². The smallest absolute Gasteiger partial charge is 0.253 e. The van der Waals surface area contributed by atoms with Crippen molar-refractivity contribution < 1.29 is 14.3 Å². The van der Waals surface area contributed by atoms with Gasteiger partial charge in [0.2, 0.25) is 0 Å². The van der Waals surface area contributed by atoms with Crippen LogP contribution < -0.4 is 9.47 Å². The van der Waals surface area contributed by atoms with Gasteiger partial charge in [-0.2, -0.15) is 0 Å². The molecule has 1 heterocycles. The molecule has 1 aliphatic rings. The lowest BCUT2D eigenvalue weighted by molar-refractivity contribution is 0.0801. The summed E-state index contributed by atoms with van der Waals surface area (Å²) in [6, 6.07) is 5.29. The molecule has 1 amide bonds. The minimum Gasteiger partial charge on any atom is -0.486 e. The summed E-state index contributed by atoms with van der Waals surface area (Å²) in [6.45, 7) is 3.73. The molecule has 1 aromatic rings. The highest BCUT2D eigenvalue weighted by atomic mass is 16.6. The average Bonchev–Trinajstić information content (AvgIpc) is 2.36. The van der Waals surface area contributed by atoms with E-state index in [9.17, 15) is 4.79 Å². The predicted octanol–water partition coefficient (Wildman–Crippen LogP) is 1.55. The Bertz CT molecular complexity index is 403. The molecule has 86 valence electrons. The zero-order valence-corrected chi connectivity index (χ0v) is 9.53. The molecular formula is C12H15NO3. The molecule has 1 aliphatic heterocycles.